The van der Waals surface area contributed by atoms with Crippen molar-refractivity contribution in [3.8, 4) is 17.1 Å². The van der Waals surface area contributed by atoms with Crippen LogP contribution in [0.2, 0.25) is 5.02 Å². The van der Waals surface area contributed by atoms with Gasteiger partial charge in [0.15, 0.2) is 17.3 Å². The monoisotopic (exact) mass is 1670 g/mol. The average molecular weight is 1670 g/mol. The molecule has 6 aliphatic carbocycles. The topological polar surface area (TPSA) is 234 Å². The van der Waals surface area contributed by atoms with Crippen molar-refractivity contribution in [2.45, 2.75) is 117 Å². The van der Waals surface area contributed by atoms with Crippen LogP contribution in [0, 0.1) is 40.6 Å². The number of ketones is 3. The van der Waals surface area contributed by atoms with E-state index in [4.69, 9.17) is 11.6 Å². The van der Waals surface area contributed by atoms with E-state index in [1.54, 1.807) is 204 Å². The Morgan fingerprint density at radius 2 is 0.790 bits per heavy atom. The van der Waals surface area contributed by atoms with Crippen molar-refractivity contribution >= 4 is 88.4 Å². The highest BCUT2D eigenvalue weighted by Gasteiger charge is 2.54. The molecular weight excluding hydrogens is 1590 g/mol. The van der Waals surface area contributed by atoms with E-state index in [-0.39, 0.29) is 57.8 Å². The normalized spacial score (nSPS) is 21.4. The van der Waals surface area contributed by atoms with Gasteiger partial charge in [-0.05, 0) is 308 Å². The molecule has 0 spiro atoms. The number of pyridine rings is 4. The second-order valence-corrected chi connectivity index (χ2v) is 38.4. The summed E-state index contributed by atoms with van der Waals surface area (Å²) in [5.74, 6) is 7.02. The van der Waals surface area contributed by atoms with Gasteiger partial charge in [-0.25, -0.2) is 52.7 Å². The van der Waals surface area contributed by atoms with Gasteiger partial charge >= 0.3 is 0 Å². The molecule has 0 radical (unpaired) electrons. The van der Waals surface area contributed by atoms with E-state index in [9.17, 15) is 44.4 Å². The number of aromatic nitrogens is 10. The van der Waals surface area contributed by atoms with Crippen LogP contribution in [0.1, 0.15) is 129 Å². The molecular formula is C92H85ClF3N13O7S3. The zero-order valence-electron chi connectivity index (χ0n) is 65.8. The first-order chi connectivity index (χ1) is 57.2. The first kappa shape index (κ1) is 81.3. The van der Waals surface area contributed by atoms with Crippen LogP contribution in [0.25, 0.3) is 35.3 Å². The predicted octanol–water partition coefficient (Wildman–Crippen LogP) is 16.2. The lowest BCUT2D eigenvalue weighted by atomic mass is 9.60. The van der Waals surface area contributed by atoms with Gasteiger partial charge in [0, 0.05) is 66.1 Å². The van der Waals surface area contributed by atoms with Crippen LogP contribution in [0.5, 0.6) is 0 Å². The molecule has 0 aliphatic heterocycles. The highest BCUT2D eigenvalue weighted by molar-refractivity contribution is 7.98. The van der Waals surface area contributed by atoms with Crippen LogP contribution < -0.4 is 0 Å². The number of rotatable bonds is 18. The molecule has 7 heterocycles. The first-order valence-electron chi connectivity index (χ1n) is 39.1. The summed E-state index contributed by atoms with van der Waals surface area (Å²) < 4.78 is 106. The zero-order chi connectivity index (χ0) is 83.3. The van der Waals surface area contributed by atoms with Crippen molar-refractivity contribution in [3.63, 3.8) is 0 Å². The smallest absolute Gasteiger partial charge is 0.243 e. The largest absolute Gasteiger partial charge is 0.291 e. The van der Waals surface area contributed by atoms with Gasteiger partial charge in [-0.2, -0.15) is 19.6 Å². The third-order valence-corrected chi connectivity index (χ3v) is 31.0. The predicted molar refractivity (Wildman–Crippen MR) is 456 cm³/mol. The highest BCUT2D eigenvalue weighted by atomic mass is 35.5. The number of halogens is 4. The molecule has 3 fully saturated rings. The Morgan fingerprint density at radius 1 is 0.429 bits per heavy atom. The van der Waals surface area contributed by atoms with Gasteiger partial charge in [-0.1, -0.05) is 58.7 Å². The number of carbonyl (C=O) groups is 3. The molecule has 6 aliphatic rings. The molecule has 0 N–H and O–H groups in total. The molecule has 119 heavy (non-hydrogen) atoms. The summed E-state index contributed by atoms with van der Waals surface area (Å²) in [5, 5.41) is 14.3. The minimum Gasteiger partial charge on any atom is -0.291 e. The van der Waals surface area contributed by atoms with E-state index in [1.807, 2.05) is 53.9 Å². The Labute approximate surface area is 694 Å². The molecule has 12 aromatic rings. The quantitative estimate of drug-likeness (QED) is 0.0574. The number of hydrogen-bond acceptors (Lipinski definition) is 14. The molecule has 18 rings (SSSR count). The summed E-state index contributed by atoms with van der Waals surface area (Å²) in [6.07, 6.45) is 25.9. The number of benzene rings is 5. The van der Waals surface area contributed by atoms with Crippen LogP contribution in [0.3, 0.4) is 0 Å². The van der Waals surface area contributed by atoms with Crippen LogP contribution in [-0.4, -0.2) is 147 Å². The molecule has 7 aromatic heterocycles. The van der Waals surface area contributed by atoms with Crippen molar-refractivity contribution in [2.75, 3.05) is 21.1 Å². The molecule has 3 saturated carbocycles. The van der Waals surface area contributed by atoms with Gasteiger partial charge < -0.3 is 0 Å². The molecule has 606 valence electrons. The zero-order valence-corrected chi connectivity index (χ0v) is 69.0. The third-order valence-electron chi connectivity index (χ3n) is 24.4. The summed E-state index contributed by atoms with van der Waals surface area (Å²) in [6.45, 7) is 1.86. The van der Waals surface area contributed by atoms with Gasteiger partial charge in [-0.3, -0.25) is 34.3 Å². The Balaban J connectivity index is 0.000000133. The minimum atomic E-state index is -3.77. The summed E-state index contributed by atoms with van der Waals surface area (Å²) in [7, 11) is -4.16. The fourth-order valence-corrected chi connectivity index (χ4v) is 22.6. The first-order valence-corrected chi connectivity index (χ1v) is 44.3. The van der Waals surface area contributed by atoms with E-state index >= 15 is 0 Å². The summed E-state index contributed by atoms with van der Waals surface area (Å²) in [4.78, 5) is 61.6. The number of nitrogens with zero attached hydrogens (tertiary/aromatic N) is 13. The van der Waals surface area contributed by atoms with Gasteiger partial charge in [0.2, 0.25) is 10.0 Å². The van der Waals surface area contributed by atoms with E-state index in [0.717, 1.165) is 73.1 Å². The van der Waals surface area contributed by atoms with Gasteiger partial charge in [0.1, 0.15) is 34.5 Å². The Hall–Kier alpha value is -11.5. The number of allylic oxidation sites excluding steroid dienone is 3. The highest BCUT2D eigenvalue weighted by Crippen LogP contribution is 2.55. The second-order valence-electron chi connectivity index (χ2n) is 31.3. The maximum Gasteiger partial charge on any atom is 0.243 e. The summed E-state index contributed by atoms with van der Waals surface area (Å²) in [5.41, 5.74) is 9.88. The van der Waals surface area contributed by atoms with E-state index in [1.165, 1.54) is 40.7 Å². The summed E-state index contributed by atoms with van der Waals surface area (Å²) >= 11 is 6.07. The number of Topliss-reactive ketones (excluding diaryl/α,β-unsaturated/α-hetero) is 3. The third kappa shape index (κ3) is 15.4. The molecule has 0 bridgehead atoms. The molecule has 5 aromatic carbocycles. The number of sulfonamides is 1. The van der Waals surface area contributed by atoms with Crippen molar-refractivity contribution in [1.29, 1.82) is 0 Å². The van der Waals surface area contributed by atoms with Gasteiger partial charge in [0.05, 0.1) is 98.2 Å². The summed E-state index contributed by atoms with van der Waals surface area (Å²) in [6, 6.07) is 51.1. The molecule has 2 unspecified atom stereocenters. The van der Waals surface area contributed by atoms with Crippen molar-refractivity contribution in [1.82, 2.24) is 62.2 Å². The molecule has 0 saturated heterocycles. The van der Waals surface area contributed by atoms with Crippen molar-refractivity contribution < 1.29 is 44.4 Å². The number of fused-ring (bicyclic) bond motifs is 6. The Morgan fingerprint density at radius 3 is 1.13 bits per heavy atom. The molecule has 20 nitrogen and oxygen atoms in total. The lowest BCUT2D eigenvalue weighted by Gasteiger charge is -2.46. The average Bonchev–Trinajstić information content (AvgIpc) is 1.41. The van der Waals surface area contributed by atoms with Crippen LogP contribution >= 0.6 is 11.6 Å². The van der Waals surface area contributed by atoms with E-state index in [2.05, 4.69) is 59.1 Å². The molecule has 8 atom stereocenters. The maximum atomic E-state index is 14.3. The lowest BCUT2D eigenvalue weighted by molar-refractivity contribution is 0.0742. The number of carbonyl (C=O) groups excluding carboxylic acids is 3. The van der Waals surface area contributed by atoms with Gasteiger partial charge in [-0.15, -0.1) is 0 Å². The van der Waals surface area contributed by atoms with Crippen LogP contribution in [0.15, 0.2) is 269 Å². The van der Waals surface area contributed by atoms with Gasteiger partial charge in [0.25, 0.3) is 0 Å². The standard InChI is InChI=1S/C31H28ClFN4O2S.C31H29FN4O3S.C30H28FN5O2S/c1-36(40(2,39)27-14-7-23(32)8-15-27)26-11-6-22-17-29-21(20-35-37(29)25-12-9-24(33)10-13-25)18-31(22,19-26)30(38)28-5-3-4-16-34-28;1-21-6-5-7-27(16-21)40(38,39)35(2)26-12-9-23-17-29-22(20-34-36(29)25-13-10-24(32)11-14-25)18-31(23,19-26)30(37)28-8-3-4-15-33-28;1-35(39(2,38)26-6-5-14-32-20-26)25-11-8-22-16-28-21(19-34-36(28)24-12-9-23(31)10-13-24)17-30(22,18-25)29(37)27-7-3-4-15-33-27/h3-5,7-10,12-17,20,26H,2,6,11,18-19H2,1H3;3-8,10-11,13-17,20,26H,9,12,18-19H2,1-2H3;3-7,9-10,12-16,19-20,25H,2,8,11,17-18H2,1H3/t26-,31-,40?;26-,31-;25-,30-,39?/m000/s1. The second kappa shape index (κ2) is 32.7. The fraction of sp³-hybridized carbons (Fsp3) is 0.239. The minimum absolute atomic E-state index is 0.0513. The van der Waals surface area contributed by atoms with Crippen LogP contribution in [0.4, 0.5) is 13.2 Å². The van der Waals surface area contributed by atoms with Crippen molar-refractivity contribution in [3.05, 3.63) is 333 Å². The number of hydrogen-bond donors (Lipinski definition) is 0. The van der Waals surface area contributed by atoms with Crippen molar-refractivity contribution in [2.24, 2.45) is 16.2 Å². The lowest BCUT2D eigenvalue weighted by Crippen LogP contribution is -2.49. The Bertz CT molecular complexity index is 6340. The number of aryl methyl sites for hydroxylation is 1. The fourth-order valence-electron chi connectivity index (χ4n) is 17.9. The van der Waals surface area contributed by atoms with E-state index < -0.39 is 45.7 Å². The molecule has 0 amide bonds. The SMILES string of the molecule is C=S(=O)(c1ccc(Cl)cc1)N(C)[C@H]1CCC2=Cc3c(cnn3-c3ccc(F)cc3)C[C@]2(C(=O)c2ccccn2)C1.C=S(=O)(c1cccnc1)N(C)[C@H]1CCC2=Cc3c(cnn3-c3ccc(F)cc3)C[C@]2(C(=O)c2ccccn2)C1.Cc1cccc(S(=O)(=O)N(C)[C@H]2CCC3=Cc4c(cnn4-c4ccc(F)cc4)C[C@]3(C(=O)c3ccccn3)C2)c1. The van der Waals surface area contributed by atoms with Crippen LogP contribution in [-0.2, 0) is 48.7 Å². The maximum absolute atomic E-state index is 14.3. The van der Waals surface area contributed by atoms with E-state index in [0.29, 0.717) is 109 Å². The molecule has 27 heteroatoms. The Kier molecular flexibility index (Phi) is 22.3.